The summed E-state index contributed by atoms with van der Waals surface area (Å²) in [5, 5.41) is 10.9. The first-order valence-corrected chi connectivity index (χ1v) is 3.53. The molecule has 0 spiro atoms. The number of amides is 2. The van der Waals surface area contributed by atoms with Crippen LogP contribution in [0.25, 0.3) is 0 Å². The average molecular weight is 183 g/mol. The standard InChI is InChI=1S/C7H9N3O3/c8-7(13)10-3-4-1-5(6(11)12)9-2-4/h1-2,9H,3H2,(H,11,12)(H3,8,10,13). The van der Waals surface area contributed by atoms with Gasteiger partial charge < -0.3 is 21.1 Å². The van der Waals surface area contributed by atoms with Crippen LogP contribution in [0.2, 0.25) is 0 Å². The highest BCUT2D eigenvalue weighted by molar-refractivity contribution is 5.85. The molecule has 0 atom stereocenters. The number of nitrogens with one attached hydrogen (secondary N) is 2. The van der Waals surface area contributed by atoms with E-state index in [1.165, 1.54) is 12.3 Å². The molecule has 6 heteroatoms. The zero-order chi connectivity index (χ0) is 9.84. The largest absolute Gasteiger partial charge is 0.477 e. The molecule has 0 bridgehead atoms. The number of aromatic amines is 1. The summed E-state index contributed by atoms with van der Waals surface area (Å²) < 4.78 is 0. The summed E-state index contributed by atoms with van der Waals surface area (Å²) in [6.07, 6.45) is 1.50. The molecule has 1 aromatic rings. The van der Waals surface area contributed by atoms with Crippen molar-refractivity contribution >= 4 is 12.0 Å². The van der Waals surface area contributed by atoms with Crippen molar-refractivity contribution in [1.29, 1.82) is 0 Å². The molecule has 1 rings (SSSR count). The van der Waals surface area contributed by atoms with E-state index in [1.54, 1.807) is 0 Å². The lowest BCUT2D eigenvalue weighted by atomic mass is 10.3. The van der Waals surface area contributed by atoms with Gasteiger partial charge in [0.25, 0.3) is 0 Å². The molecule has 2 amide bonds. The van der Waals surface area contributed by atoms with Crippen LogP contribution in [0.15, 0.2) is 12.3 Å². The molecule has 0 unspecified atom stereocenters. The molecule has 0 fully saturated rings. The van der Waals surface area contributed by atoms with Gasteiger partial charge in [0.1, 0.15) is 5.69 Å². The maximum absolute atomic E-state index is 10.4. The van der Waals surface area contributed by atoms with Crippen LogP contribution in [0.4, 0.5) is 4.79 Å². The highest BCUT2D eigenvalue weighted by atomic mass is 16.4. The van der Waals surface area contributed by atoms with Crippen molar-refractivity contribution < 1.29 is 14.7 Å². The minimum absolute atomic E-state index is 0.0845. The first-order valence-electron chi connectivity index (χ1n) is 3.53. The number of primary amides is 1. The van der Waals surface area contributed by atoms with Crippen LogP contribution in [0, 0.1) is 0 Å². The highest BCUT2D eigenvalue weighted by Crippen LogP contribution is 2.02. The quantitative estimate of drug-likeness (QED) is 0.524. The molecule has 0 radical (unpaired) electrons. The third-order valence-electron chi connectivity index (χ3n) is 1.44. The monoisotopic (exact) mass is 183 g/mol. The van der Waals surface area contributed by atoms with Crippen molar-refractivity contribution in [2.45, 2.75) is 6.54 Å². The van der Waals surface area contributed by atoms with Gasteiger partial charge in [0.2, 0.25) is 0 Å². The van der Waals surface area contributed by atoms with Gasteiger partial charge in [-0.3, -0.25) is 0 Å². The van der Waals surface area contributed by atoms with E-state index in [2.05, 4.69) is 10.3 Å². The van der Waals surface area contributed by atoms with Gasteiger partial charge in [0, 0.05) is 12.7 Å². The Morgan fingerprint density at radius 1 is 1.62 bits per heavy atom. The van der Waals surface area contributed by atoms with Crippen LogP contribution in [-0.2, 0) is 6.54 Å². The smallest absolute Gasteiger partial charge is 0.352 e. The van der Waals surface area contributed by atoms with Crippen molar-refractivity contribution in [2.24, 2.45) is 5.73 Å². The van der Waals surface area contributed by atoms with Crippen LogP contribution >= 0.6 is 0 Å². The van der Waals surface area contributed by atoms with Crippen molar-refractivity contribution in [3.05, 3.63) is 23.5 Å². The number of rotatable bonds is 3. The molecule has 0 aliphatic heterocycles. The van der Waals surface area contributed by atoms with Gasteiger partial charge in [0.15, 0.2) is 0 Å². The van der Waals surface area contributed by atoms with E-state index in [9.17, 15) is 9.59 Å². The van der Waals surface area contributed by atoms with E-state index in [0.29, 0.717) is 5.56 Å². The Bertz CT molecular complexity index is 331. The summed E-state index contributed by atoms with van der Waals surface area (Å²) in [5.74, 6) is -1.04. The molecule has 5 N–H and O–H groups in total. The van der Waals surface area contributed by atoms with Crippen LogP contribution in [0.3, 0.4) is 0 Å². The van der Waals surface area contributed by atoms with Gasteiger partial charge in [-0.2, -0.15) is 0 Å². The summed E-state index contributed by atoms with van der Waals surface area (Å²) in [4.78, 5) is 23.2. The first-order chi connectivity index (χ1) is 6.09. The maximum Gasteiger partial charge on any atom is 0.352 e. The van der Waals surface area contributed by atoms with Crippen molar-refractivity contribution in [3.8, 4) is 0 Å². The van der Waals surface area contributed by atoms with Gasteiger partial charge in [-0.1, -0.05) is 0 Å². The van der Waals surface area contributed by atoms with Crippen molar-refractivity contribution in [3.63, 3.8) is 0 Å². The Balaban J connectivity index is 2.59. The Hall–Kier alpha value is -1.98. The molecule has 0 aliphatic carbocycles. The average Bonchev–Trinajstić information content (AvgIpc) is 2.48. The molecule has 1 heterocycles. The molecule has 6 nitrogen and oxygen atoms in total. The van der Waals surface area contributed by atoms with Crippen LogP contribution in [0.5, 0.6) is 0 Å². The number of H-pyrrole nitrogens is 1. The summed E-state index contributed by atoms with van der Waals surface area (Å²) >= 11 is 0. The molecule has 70 valence electrons. The summed E-state index contributed by atoms with van der Waals surface area (Å²) in [6.45, 7) is 0.221. The van der Waals surface area contributed by atoms with Gasteiger partial charge in [-0.05, 0) is 11.6 Å². The normalized spacial score (nSPS) is 9.54. The molecule has 0 saturated carbocycles. The number of urea groups is 1. The van der Waals surface area contributed by atoms with Crippen LogP contribution < -0.4 is 11.1 Å². The number of carbonyl (C=O) groups excluding carboxylic acids is 1. The van der Waals surface area contributed by atoms with Gasteiger partial charge >= 0.3 is 12.0 Å². The molecule has 13 heavy (non-hydrogen) atoms. The zero-order valence-corrected chi connectivity index (χ0v) is 6.70. The van der Waals surface area contributed by atoms with E-state index >= 15 is 0 Å². The molecular weight excluding hydrogens is 174 g/mol. The third-order valence-corrected chi connectivity index (χ3v) is 1.44. The van der Waals surface area contributed by atoms with E-state index in [-0.39, 0.29) is 12.2 Å². The number of nitrogens with two attached hydrogens (primary N) is 1. The van der Waals surface area contributed by atoms with E-state index in [1.807, 2.05) is 0 Å². The Kier molecular flexibility index (Phi) is 2.53. The third kappa shape index (κ3) is 2.51. The Morgan fingerprint density at radius 2 is 2.31 bits per heavy atom. The fourth-order valence-electron chi connectivity index (χ4n) is 0.854. The lowest BCUT2D eigenvalue weighted by Crippen LogP contribution is -2.28. The SMILES string of the molecule is NC(=O)NCc1c[nH]c(C(=O)O)c1. The molecule has 0 aromatic carbocycles. The minimum Gasteiger partial charge on any atom is -0.477 e. The van der Waals surface area contributed by atoms with E-state index in [0.717, 1.165) is 0 Å². The number of carbonyl (C=O) groups is 2. The minimum atomic E-state index is -1.04. The fraction of sp³-hybridized carbons (Fsp3) is 0.143. The second kappa shape index (κ2) is 3.61. The van der Waals surface area contributed by atoms with Gasteiger partial charge in [-0.15, -0.1) is 0 Å². The Labute approximate surface area is 73.7 Å². The number of aromatic carboxylic acids is 1. The second-order valence-electron chi connectivity index (χ2n) is 2.44. The maximum atomic E-state index is 10.4. The van der Waals surface area contributed by atoms with Gasteiger partial charge in [0.05, 0.1) is 0 Å². The predicted octanol–water partition coefficient (Wildman–Crippen LogP) is -0.119. The fourth-order valence-corrected chi connectivity index (χ4v) is 0.854. The topological polar surface area (TPSA) is 108 Å². The van der Waals surface area contributed by atoms with E-state index in [4.69, 9.17) is 10.8 Å². The van der Waals surface area contributed by atoms with Crippen LogP contribution in [-0.4, -0.2) is 22.1 Å². The molecular formula is C7H9N3O3. The highest BCUT2D eigenvalue weighted by Gasteiger charge is 2.05. The summed E-state index contributed by atoms with van der Waals surface area (Å²) in [5.41, 5.74) is 5.58. The van der Waals surface area contributed by atoms with Crippen molar-refractivity contribution in [2.75, 3.05) is 0 Å². The number of carboxylic acids is 1. The predicted molar refractivity (Wildman–Crippen MR) is 44.2 cm³/mol. The molecule has 0 aliphatic rings. The lowest BCUT2D eigenvalue weighted by molar-refractivity contribution is 0.0691. The second-order valence-corrected chi connectivity index (χ2v) is 2.44. The number of hydrogen-bond acceptors (Lipinski definition) is 2. The van der Waals surface area contributed by atoms with Gasteiger partial charge in [-0.25, -0.2) is 9.59 Å². The summed E-state index contributed by atoms with van der Waals surface area (Å²) in [7, 11) is 0. The van der Waals surface area contributed by atoms with Crippen molar-refractivity contribution in [1.82, 2.24) is 10.3 Å². The lowest BCUT2D eigenvalue weighted by Gasteiger charge is -1.96. The number of carboxylic acid groups (broad SMARTS) is 1. The summed E-state index contributed by atoms with van der Waals surface area (Å²) in [6, 6.07) is 0.788. The molecule has 1 aromatic heterocycles. The van der Waals surface area contributed by atoms with E-state index < -0.39 is 12.0 Å². The Morgan fingerprint density at radius 3 is 2.77 bits per heavy atom. The molecule has 0 saturated heterocycles. The zero-order valence-electron chi connectivity index (χ0n) is 6.70. The van der Waals surface area contributed by atoms with Crippen LogP contribution in [0.1, 0.15) is 16.1 Å². The number of hydrogen-bond donors (Lipinski definition) is 4. The first kappa shape index (κ1) is 9.11. The number of aromatic nitrogens is 1.